The van der Waals surface area contributed by atoms with Gasteiger partial charge in [-0.1, -0.05) is 32.9 Å². The second kappa shape index (κ2) is 4.18. The fourth-order valence-electron chi connectivity index (χ4n) is 1.16. The first-order valence-corrected chi connectivity index (χ1v) is 6.63. The third-order valence-electron chi connectivity index (χ3n) is 1.90. The Hall–Kier alpha value is -1.11. The van der Waals surface area contributed by atoms with E-state index in [1.807, 2.05) is 5.38 Å². The van der Waals surface area contributed by atoms with Gasteiger partial charge in [0, 0.05) is 23.1 Å². The van der Waals surface area contributed by atoms with Crippen LogP contribution < -0.4 is 0 Å². The van der Waals surface area contributed by atoms with Gasteiger partial charge in [0.1, 0.15) is 3.82 Å². The molecule has 1 heterocycles. The highest BCUT2D eigenvalue weighted by Gasteiger charge is 2.06. The van der Waals surface area contributed by atoms with Gasteiger partial charge in [-0.2, -0.15) is 0 Å². The quantitative estimate of drug-likeness (QED) is 0.351. The molecule has 15 heavy (non-hydrogen) atoms. The lowest BCUT2D eigenvalue weighted by atomic mass is 10.1. The Labute approximate surface area is 98.2 Å². The summed E-state index contributed by atoms with van der Waals surface area (Å²) in [6.45, 7) is 0. The van der Waals surface area contributed by atoms with E-state index in [0.717, 1.165) is 15.0 Å². The van der Waals surface area contributed by atoms with E-state index in [0.29, 0.717) is 0 Å². The molecule has 1 aromatic carbocycles. The van der Waals surface area contributed by atoms with Crippen LogP contribution in [0.2, 0.25) is 0 Å². The normalized spacial score (nSPS) is 10.1. The lowest BCUT2D eigenvalue weighted by Crippen LogP contribution is -1.86. The summed E-state index contributed by atoms with van der Waals surface area (Å²) in [5.41, 5.74) is 2.02. The molecule has 0 saturated carbocycles. The minimum absolute atomic E-state index is 0.101. The van der Waals surface area contributed by atoms with Crippen LogP contribution in [0.15, 0.2) is 29.6 Å². The Balaban J connectivity index is 2.44. The maximum Gasteiger partial charge on any atom is 0.269 e. The van der Waals surface area contributed by atoms with Gasteiger partial charge in [-0.05, 0) is 17.7 Å². The summed E-state index contributed by atoms with van der Waals surface area (Å²) in [4.78, 5) is 10.0. The van der Waals surface area contributed by atoms with Gasteiger partial charge in [-0.15, -0.1) is 0 Å². The van der Waals surface area contributed by atoms with E-state index < -0.39 is 4.92 Å². The second-order valence-electron chi connectivity index (χ2n) is 2.80. The molecule has 0 radical (unpaired) electrons. The molecule has 0 atom stereocenters. The highest BCUT2D eigenvalue weighted by Crippen LogP contribution is 2.28. The molecule has 0 fully saturated rings. The van der Waals surface area contributed by atoms with Crippen molar-refractivity contribution in [2.45, 2.75) is 0 Å². The molecule has 0 aliphatic carbocycles. The predicted octanol–water partition coefficient (Wildman–Crippen LogP) is 4.11. The van der Waals surface area contributed by atoms with E-state index in [1.54, 1.807) is 22.5 Å². The smallest absolute Gasteiger partial charge is 0.258 e. The van der Waals surface area contributed by atoms with Gasteiger partial charge in [0.05, 0.1) is 4.92 Å². The van der Waals surface area contributed by atoms with Crippen LogP contribution in [-0.4, -0.2) is 4.92 Å². The van der Waals surface area contributed by atoms with E-state index in [1.165, 1.54) is 22.5 Å². The fraction of sp³-hybridized carbons (Fsp3) is 0. The minimum atomic E-state index is -0.408. The molecule has 0 aliphatic heterocycles. The molecular formula is C9H5NO2S3. The zero-order chi connectivity index (χ0) is 10.8. The van der Waals surface area contributed by atoms with Gasteiger partial charge < -0.3 is 0 Å². The maximum atomic E-state index is 10.5. The topological polar surface area (TPSA) is 43.1 Å². The molecule has 1 aromatic heterocycles. The Kier molecular flexibility index (Phi) is 2.90. The lowest BCUT2D eigenvalue weighted by molar-refractivity contribution is -0.384. The molecule has 76 valence electrons. The largest absolute Gasteiger partial charge is 0.269 e. The lowest BCUT2D eigenvalue weighted by Gasteiger charge is -1.96. The molecule has 0 saturated heterocycles. The maximum absolute atomic E-state index is 10.5. The van der Waals surface area contributed by atoms with Crippen LogP contribution >= 0.6 is 32.9 Å². The standard InChI is InChI=1S/C9H5NO2S3/c11-10(12)7-3-1-6(2-4-7)8-5-14-15-9(8)13/h1-5H. The number of non-ortho nitro benzene ring substituents is 1. The Bertz CT molecular complexity index is 541. The number of hydrogen-bond acceptors (Lipinski definition) is 5. The zero-order valence-electron chi connectivity index (χ0n) is 7.38. The number of rotatable bonds is 2. The highest BCUT2D eigenvalue weighted by molar-refractivity contribution is 7.79. The third kappa shape index (κ3) is 2.11. The Morgan fingerprint density at radius 3 is 2.40 bits per heavy atom. The van der Waals surface area contributed by atoms with Gasteiger partial charge >= 0.3 is 0 Å². The van der Waals surface area contributed by atoms with Crippen molar-refractivity contribution in [3.8, 4) is 11.1 Å². The summed E-state index contributed by atoms with van der Waals surface area (Å²) < 4.78 is 0.828. The fourth-order valence-corrected chi connectivity index (χ4v) is 3.55. The molecular weight excluding hydrogens is 250 g/mol. The first kappa shape index (κ1) is 10.4. The molecule has 0 spiro atoms. The number of benzene rings is 1. The van der Waals surface area contributed by atoms with Gasteiger partial charge in [0.15, 0.2) is 0 Å². The number of nitro groups is 1. The van der Waals surface area contributed by atoms with Crippen molar-refractivity contribution in [3.63, 3.8) is 0 Å². The zero-order valence-corrected chi connectivity index (χ0v) is 9.82. The van der Waals surface area contributed by atoms with Crippen molar-refractivity contribution < 1.29 is 4.92 Å². The first-order chi connectivity index (χ1) is 7.18. The van der Waals surface area contributed by atoms with E-state index in [2.05, 4.69) is 0 Å². The molecule has 3 nitrogen and oxygen atoms in total. The van der Waals surface area contributed by atoms with Crippen LogP contribution in [0, 0.1) is 13.9 Å². The summed E-state index contributed by atoms with van der Waals surface area (Å²) in [5, 5.41) is 12.4. The molecule has 0 aliphatic rings. The average molecular weight is 255 g/mol. The second-order valence-corrected chi connectivity index (χ2v) is 5.55. The van der Waals surface area contributed by atoms with Crippen LogP contribution in [-0.2, 0) is 0 Å². The summed E-state index contributed by atoms with van der Waals surface area (Å²) >= 11 is 5.15. The SMILES string of the molecule is O=[N+]([O-])c1ccc(-c2cssc2=S)cc1. The van der Waals surface area contributed by atoms with Crippen molar-refractivity contribution in [1.82, 2.24) is 0 Å². The van der Waals surface area contributed by atoms with E-state index in [-0.39, 0.29) is 5.69 Å². The van der Waals surface area contributed by atoms with Gasteiger partial charge in [0.2, 0.25) is 0 Å². The molecule has 0 N–H and O–H groups in total. The van der Waals surface area contributed by atoms with E-state index in [4.69, 9.17) is 12.2 Å². The van der Waals surface area contributed by atoms with Crippen LogP contribution in [0.1, 0.15) is 0 Å². The number of nitro benzene ring substituents is 1. The summed E-state index contributed by atoms with van der Waals surface area (Å²) in [5.74, 6) is 0. The van der Waals surface area contributed by atoms with Crippen molar-refractivity contribution in [1.29, 1.82) is 0 Å². The van der Waals surface area contributed by atoms with Gasteiger partial charge in [0.25, 0.3) is 5.69 Å². The van der Waals surface area contributed by atoms with Crippen molar-refractivity contribution >= 4 is 38.6 Å². The van der Waals surface area contributed by atoms with E-state index in [9.17, 15) is 10.1 Å². The van der Waals surface area contributed by atoms with Crippen LogP contribution in [0.25, 0.3) is 11.1 Å². The molecule has 0 bridgehead atoms. The average Bonchev–Trinajstić information content (AvgIpc) is 2.65. The molecule has 2 aromatic rings. The van der Waals surface area contributed by atoms with Crippen LogP contribution in [0.5, 0.6) is 0 Å². The third-order valence-corrected chi connectivity index (χ3v) is 4.56. The summed E-state index contributed by atoms with van der Waals surface area (Å²) in [6.07, 6.45) is 0. The minimum Gasteiger partial charge on any atom is -0.258 e. The Morgan fingerprint density at radius 1 is 1.27 bits per heavy atom. The summed E-state index contributed by atoms with van der Waals surface area (Å²) in [7, 11) is 3.11. The van der Waals surface area contributed by atoms with Gasteiger partial charge in [-0.3, -0.25) is 10.1 Å². The molecule has 0 amide bonds. The van der Waals surface area contributed by atoms with Crippen LogP contribution in [0.3, 0.4) is 0 Å². The van der Waals surface area contributed by atoms with Crippen molar-refractivity contribution in [2.75, 3.05) is 0 Å². The predicted molar refractivity (Wildman–Crippen MR) is 65.1 cm³/mol. The van der Waals surface area contributed by atoms with Gasteiger partial charge in [-0.25, -0.2) is 0 Å². The Morgan fingerprint density at radius 2 is 1.93 bits per heavy atom. The molecule has 0 unspecified atom stereocenters. The van der Waals surface area contributed by atoms with Crippen LogP contribution in [0.4, 0.5) is 5.69 Å². The molecule has 2 rings (SSSR count). The highest BCUT2D eigenvalue weighted by atomic mass is 32.9. The van der Waals surface area contributed by atoms with E-state index >= 15 is 0 Å². The summed E-state index contributed by atoms with van der Waals surface area (Å²) in [6, 6.07) is 6.43. The molecule has 6 heteroatoms. The number of hydrogen-bond donors (Lipinski definition) is 0. The monoisotopic (exact) mass is 255 g/mol. The first-order valence-electron chi connectivity index (χ1n) is 4.01. The number of nitrogens with zero attached hydrogens (tertiary/aromatic N) is 1. The van der Waals surface area contributed by atoms with Crippen molar-refractivity contribution in [2.24, 2.45) is 0 Å². The van der Waals surface area contributed by atoms with Crippen molar-refractivity contribution in [3.05, 3.63) is 43.6 Å².